The lowest BCUT2D eigenvalue weighted by atomic mass is 10.1. The van der Waals surface area contributed by atoms with Crippen molar-refractivity contribution in [3.63, 3.8) is 0 Å². The molecule has 114 valence electrons. The number of ketones is 1. The molecule has 3 nitrogen and oxygen atoms in total. The highest BCUT2D eigenvalue weighted by molar-refractivity contribution is 6.06. The van der Waals surface area contributed by atoms with Crippen molar-refractivity contribution in [3.8, 4) is 5.75 Å². The van der Waals surface area contributed by atoms with Crippen molar-refractivity contribution < 1.29 is 9.53 Å². The molecule has 0 amide bonds. The summed E-state index contributed by atoms with van der Waals surface area (Å²) in [6.45, 7) is 2.93. The van der Waals surface area contributed by atoms with Crippen LogP contribution in [0.25, 0.3) is 6.08 Å². The Morgan fingerprint density at radius 2 is 2.00 bits per heavy atom. The maximum absolute atomic E-state index is 11.9. The van der Waals surface area contributed by atoms with Gasteiger partial charge in [0.1, 0.15) is 5.75 Å². The van der Waals surface area contributed by atoms with Crippen LogP contribution in [0.3, 0.4) is 0 Å². The summed E-state index contributed by atoms with van der Waals surface area (Å²) in [4.78, 5) is 15.9. The zero-order valence-electron chi connectivity index (χ0n) is 12.9. The Morgan fingerprint density at radius 1 is 1.18 bits per heavy atom. The van der Waals surface area contributed by atoms with E-state index in [4.69, 9.17) is 4.74 Å². The quantitative estimate of drug-likeness (QED) is 0.407. The van der Waals surface area contributed by atoms with Crippen LogP contribution in [-0.4, -0.2) is 17.4 Å². The molecule has 0 saturated heterocycles. The van der Waals surface area contributed by atoms with Crippen molar-refractivity contribution >= 4 is 11.9 Å². The van der Waals surface area contributed by atoms with Gasteiger partial charge in [-0.25, -0.2) is 0 Å². The smallest absolute Gasteiger partial charge is 0.187 e. The summed E-state index contributed by atoms with van der Waals surface area (Å²) in [7, 11) is 0. The number of pyridine rings is 1. The Morgan fingerprint density at radius 3 is 2.68 bits per heavy atom. The van der Waals surface area contributed by atoms with Gasteiger partial charge in [0.25, 0.3) is 0 Å². The number of nitrogens with zero attached hydrogens (tertiary/aromatic N) is 1. The minimum absolute atomic E-state index is 0.0482. The minimum atomic E-state index is -0.0482. The van der Waals surface area contributed by atoms with Gasteiger partial charge in [0, 0.05) is 18.0 Å². The number of benzene rings is 1. The van der Waals surface area contributed by atoms with Gasteiger partial charge >= 0.3 is 0 Å². The second-order valence-corrected chi connectivity index (χ2v) is 5.06. The first-order chi connectivity index (χ1) is 10.8. The summed E-state index contributed by atoms with van der Waals surface area (Å²) in [5.41, 5.74) is 1.56. The highest BCUT2D eigenvalue weighted by atomic mass is 16.5. The van der Waals surface area contributed by atoms with Crippen LogP contribution >= 0.6 is 0 Å². The molecule has 0 aliphatic carbocycles. The molecule has 2 rings (SSSR count). The number of carbonyl (C=O) groups is 1. The van der Waals surface area contributed by atoms with Gasteiger partial charge in [-0.1, -0.05) is 38.0 Å². The number of ether oxygens (including phenoxy) is 1. The first-order valence-corrected chi connectivity index (χ1v) is 7.65. The minimum Gasteiger partial charge on any atom is -0.494 e. The molecule has 0 aliphatic rings. The molecule has 0 bridgehead atoms. The van der Waals surface area contributed by atoms with Gasteiger partial charge in [-0.3, -0.25) is 9.78 Å². The molecule has 0 aliphatic heterocycles. The summed E-state index contributed by atoms with van der Waals surface area (Å²) in [5, 5.41) is 0. The van der Waals surface area contributed by atoms with Crippen molar-refractivity contribution in [2.45, 2.75) is 26.2 Å². The number of aromatic nitrogens is 1. The average molecular weight is 295 g/mol. The number of hydrogen-bond donors (Lipinski definition) is 0. The van der Waals surface area contributed by atoms with E-state index in [0.717, 1.165) is 24.3 Å². The molecule has 3 heteroatoms. The van der Waals surface area contributed by atoms with E-state index in [-0.39, 0.29) is 5.78 Å². The van der Waals surface area contributed by atoms with E-state index >= 15 is 0 Å². The third-order valence-electron chi connectivity index (χ3n) is 3.27. The molecule has 0 unspecified atom stereocenters. The summed E-state index contributed by atoms with van der Waals surface area (Å²) >= 11 is 0. The van der Waals surface area contributed by atoms with Crippen molar-refractivity contribution in [3.05, 3.63) is 66.0 Å². The van der Waals surface area contributed by atoms with Crippen LogP contribution in [0.2, 0.25) is 0 Å². The van der Waals surface area contributed by atoms with E-state index < -0.39 is 0 Å². The van der Waals surface area contributed by atoms with Crippen molar-refractivity contribution in [1.29, 1.82) is 0 Å². The normalized spacial score (nSPS) is 10.8. The van der Waals surface area contributed by atoms with Crippen LogP contribution < -0.4 is 4.74 Å². The topological polar surface area (TPSA) is 39.2 Å². The van der Waals surface area contributed by atoms with Gasteiger partial charge in [-0.05, 0) is 42.3 Å². The maximum atomic E-state index is 11.9. The lowest BCUT2D eigenvalue weighted by Gasteiger charge is -2.05. The van der Waals surface area contributed by atoms with Crippen LogP contribution in [-0.2, 0) is 0 Å². The van der Waals surface area contributed by atoms with Crippen molar-refractivity contribution in [2.24, 2.45) is 0 Å². The molecule has 2 aromatic rings. The largest absolute Gasteiger partial charge is 0.494 e. The first kappa shape index (κ1) is 16.0. The Labute approximate surface area is 131 Å². The fraction of sp³-hybridized carbons (Fsp3) is 0.263. The molecule has 0 spiro atoms. The van der Waals surface area contributed by atoms with Gasteiger partial charge < -0.3 is 4.74 Å². The van der Waals surface area contributed by atoms with Crippen LogP contribution in [0.1, 0.15) is 42.1 Å². The Hall–Kier alpha value is -2.42. The Kier molecular flexibility index (Phi) is 6.37. The SMILES string of the molecule is CCCCCOc1ccc(/C=C/C(=O)c2cccnc2)cc1. The Bertz CT molecular complexity index is 603. The van der Waals surface area contributed by atoms with E-state index in [1.165, 1.54) is 12.8 Å². The van der Waals surface area contributed by atoms with E-state index in [9.17, 15) is 4.79 Å². The van der Waals surface area contributed by atoms with Crippen molar-refractivity contribution in [2.75, 3.05) is 6.61 Å². The number of rotatable bonds is 8. The lowest BCUT2D eigenvalue weighted by Crippen LogP contribution is -1.96. The highest BCUT2D eigenvalue weighted by Gasteiger charge is 2.00. The predicted molar refractivity (Wildman–Crippen MR) is 89.1 cm³/mol. The molecule has 0 radical (unpaired) electrons. The van der Waals surface area contributed by atoms with Gasteiger partial charge in [0.05, 0.1) is 6.61 Å². The molecular weight excluding hydrogens is 274 g/mol. The number of unbranched alkanes of at least 4 members (excludes halogenated alkanes) is 2. The monoisotopic (exact) mass is 295 g/mol. The fourth-order valence-corrected chi connectivity index (χ4v) is 1.99. The predicted octanol–water partition coefficient (Wildman–Crippen LogP) is 4.55. The number of carbonyl (C=O) groups excluding carboxylic acids is 1. The lowest BCUT2D eigenvalue weighted by molar-refractivity contribution is 0.104. The van der Waals surface area contributed by atoms with E-state index in [1.54, 1.807) is 36.7 Å². The highest BCUT2D eigenvalue weighted by Crippen LogP contribution is 2.14. The fourth-order valence-electron chi connectivity index (χ4n) is 1.99. The zero-order valence-corrected chi connectivity index (χ0v) is 12.9. The molecule has 0 fully saturated rings. The van der Waals surface area contributed by atoms with Gasteiger partial charge in [-0.2, -0.15) is 0 Å². The van der Waals surface area contributed by atoms with Crippen LogP contribution in [0, 0.1) is 0 Å². The molecule has 1 aromatic heterocycles. The summed E-state index contributed by atoms with van der Waals surface area (Å²) < 4.78 is 5.66. The molecular formula is C19H21NO2. The number of hydrogen-bond acceptors (Lipinski definition) is 3. The third kappa shape index (κ3) is 5.17. The standard InChI is InChI=1S/C19H21NO2/c1-2-3-4-14-22-18-10-7-16(8-11-18)9-12-19(21)17-6-5-13-20-15-17/h5-13,15H,2-4,14H2,1H3/b12-9+. The zero-order chi connectivity index (χ0) is 15.6. The molecule has 0 saturated carbocycles. The summed E-state index contributed by atoms with van der Waals surface area (Å²) in [6, 6.07) is 11.3. The van der Waals surface area contributed by atoms with Gasteiger partial charge in [0.15, 0.2) is 5.78 Å². The van der Waals surface area contributed by atoms with Crippen molar-refractivity contribution in [1.82, 2.24) is 4.98 Å². The average Bonchev–Trinajstić information content (AvgIpc) is 2.58. The molecule has 0 N–H and O–H groups in total. The first-order valence-electron chi connectivity index (χ1n) is 7.65. The van der Waals surface area contributed by atoms with E-state index in [1.807, 2.05) is 24.3 Å². The third-order valence-corrected chi connectivity index (χ3v) is 3.27. The van der Waals surface area contributed by atoms with Crippen LogP contribution in [0.5, 0.6) is 5.75 Å². The van der Waals surface area contributed by atoms with E-state index in [2.05, 4.69) is 11.9 Å². The second kappa shape index (κ2) is 8.78. The molecule has 1 aromatic carbocycles. The second-order valence-electron chi connectivity index (χ2n) is 5.06. The molecule has 0 atom stereocenters. The Balaban J connectivity index is 1.88. The van der Waals surface area contributed by atoms with E-state index in [0.29, 0.717) is 5.56 Å². The number of allylic oxidation sites excluding steroid dienone is 1. The summed E-state index contributed by atoms with van der Waals surface area (Å²) in [5.74, 6) is 0.819. The van der Waals surface area contributed by atoms with Crippen LogP contribution in [0.15, 0.2) is 54.9 Å². The molecule has 1 heterocycles. The summed E-state index contributed by atoms with van der Waals surface area (Å²) in [6.07, 6.45) is 10.1. The van der Waals surface area contributed by atoms with Crippen LogP contribution in [0.4, 0.5) is 0 Å². The molecule has 22 heavy (non-hydrogen) atoms. The van der Waals surface area contributed by atoms with Gasteiger partial charge in [0.2, 0.25) is 0 Å². The van der Waals surface area contributed by atoms with Gasteiger partial charge in [-0.15, -0.1) is 0 Å². The maximum Gasteiger partial charge on any atom is 0.187 e.